The van der Waals surface area contributed by atoms with Gasteiger partial charge in [0, 0.05) is 19.7 Å². The SMILES string of the molecule is Cn1cnc(NC(=O)CCc2cccc(O)c2)c1. The van der Waals surface area contributed by atoms with Crippen LogP contribution in [-0.2, 0) is 18.3 Å². The molecule has 0 aliphatic carbocycles. The summed E-state index contributed by atoms with van der Waals surface area (Å²) >= 11 is 0. The number of carbonyl (C=O) groups excluding carboxylic acids is 1. The molecule has 0 spiro atoms. The summed E-state index contributed by atoms with van der Waals surface area (Å²) in [5.74, 6) is 0.688. The lowest BCUT2D eigenvalue weighted by Crippen LogP contribution is -2.12. The summed E-state index contributed by atoms with van der Waals surface area (Å²) in [5, 5.41) is 12.0. The Morgan fingerprint density at radius 1 is 1.50 bits per heavy atom. The molecule has 0 saturated carbocycles. The Morgan fingerprint density at radius 2 is 2.33 bits per heavy atom. The van der Waals surface area contributed by atoms with Crippen LogP contribution < -0.4 is 5.32 Å². The molecule has 5 nitrogen and oxygen atoms in total. The average molecular weight is 245 g/mol. The van der Waals surface area contributed by atoms with Crippen LogP contribution in [0.15, 0.2) is 36.8 Å². The topological polar surface area (TPSA) is 67.2 Å². The van der Waals surface area contributed by atoms with E-state index < -0.39 is 0 Å². The molecule has 1 aromatic heterocycles. The van der Waals surface area contributed by atoms with Crippen LogP contribution in [0.25, 0.3) is 0 Å². The second-order valence-electron chi connectivity index (χ2n) is 4.14. The number of phenols is 1. The third-order valence-corrected chi connectivity index (χ3v) is 2.52. The zero-order chi connectivity index (χ0) is 13.0. The number of rotatable bonds is 4. The summed E-state index contributed by atoms with van der Waals surface area (Å²) in [7, 11) is 1.84. The van der Waals surface area contributed by atoms with Gasteiger partial charge in [-0.15, -0.1) is 0 Å². The number of nitrogens with zero attached hydrogens (tertiary/aromatic N) is 2. The monoisotopic (exact) mass is 245 g/mol. The molecule has 0 fully saturated rings. The first-order valence-corrected chi connectivity index (χ1v) is 5.69. The van der Waals surface area contributed by atoms with E-state index in [2.05, 4.69) is 10.3 Å². The fourth-order valence-corrected chi connectivity index (χ4v) is 1.65. The molecule has 1 heterocycles. The Labute approximate surface area is 105 Å². The average Bonchev–Trinajstić information content (AvgIpc) is 2.72. The molecule has 1 amide bonds. The van der Waals surface area contributed by atoms with E-state index in [4.69, 9.17) is 0 Å². The lowest BCUT2D eigenvalue weighted by atomic mass is 10.1. The number of amides is 1. The third-order valence-electron chi connectivity index (χ3n) is 2.52. The molecule has 0 unspecified atom stereocenters. The van der Waals surface area contributed by atoms with E-state index in [1.807, 2.05) is 13.1 Å². The van der Waals surface area contributed by atoms with Crippen LogP contribution in [0.3, 0.4) is 0 Å². The Kier molecular flexibility index (Phi) is 3.62. The lowest BCUT2D eigenvalue weighted by Gasteiger charge is -2.03. The summed E-state index contributed by atoms with van der Waals surface area (Å²) in [4.78, 5) is 15.7. The Hall–Kier alpha value is -2.30. The highest BCUT2D eigenvalue weighted by molar-refractivity contribution is 5.89. The summed E-state index contributed by atoms with van der Waals surface area (Å²) in [5.41, 5.74) is 0.936. The van der Waals surface area contributed by atoms with Gasteiger partial charge in [0.2, 0.25) is 5.91 Å². The maximum absolute atomic E-state index is 11.7. The maximum atomic E-state index is 11.7. The Bertz CT molecular complexity index is 549. The van der Waals surface area contributed by atoms with Crippen LogP contribution in [0.1, 0.15) is 12.0 Å². The quantitative estimate of drug-likeness (QED) is 0.861. The van der Waals surface area contributed by atoms with Gasteiger partial charge in [0.15, 0.2) is 5.82 Å². The number of anilines is 1. The normalized spacial score (nSPS) is 10.3. The minimum absolute atomic E-state index is 0.0861. The predicted molar refractivity (Wildman–Crippen MR) is 68.3 cm³/mol. The van der Waals surface area contributed by atoms with Crippen LogP contribution in [0.4, 0.5) is 5.82 Å². The molecule has 2 rings (SSSR count). The number of benzene rings is 1. The number of hydrogen-bond acceptors (Lipinski definition) is 3. The zero-order valence-electron chi connectivity index (χ0n) is 10.1. The molecule has 0 saturated heterocycles. The van der Waals surface area contributed by atoms with Crippen molar-refractivity contribution < 1.29 is 9.90 Å². The van der Waals surface area contributed by atoms with Gasteiger partial charge in [-0.05, 0) is 24.1 Å². The molecule has 0 aliphatic heterocycles. The van der Waals surface area contributed by atoms with Crippen molar-refractivity contribution >= 4 is 11.7 Å². The molecule has 2 aromatic rings. The number of carbonyl (C=O) groups is 1. The largest absolute Gasteiger partial charge is 0.508 e. The number of hydrogen-bond donors (Lipinski definition) is 2. The molecular weight excluding hydrogens is 230 g/mol. The molecule has 1 aromatic carbocycles. The van der Waals surface area contributed by atoms with Gasteiger partial charge < -0.3 is 15.0 Å². The summed E-state index contributed by atoms with van der Waals surface area (Å²) in [6.07, 6.45) is 4.32. The number of phenolic OH excluding ortho intramolecular Hbond substituents is 1. The van der Waals surface area contributed by atoms with Crippen molar-refractivity contribution in [3.05, 3.63) is 42.4 Å². The van der Waals surface area contributed by atoms with Crippen LogP contribution in [0, 0.1) is 0 Å². The minimum atomic E-state index is -0.0861. The first-order chi connectivity index (χ1) is 8.63. The van der Waals surface area contributed by atoms with Gasteiger partial charge >= 0.3 is 0 Å². The summed E-state index contributed by atoms with van der Waals surface area (Å²) in [6, 6.07) is 6.92. The van der Waals surface area contributed by atoms with Crippen molar-refractivity contribution in [2.45, 2.75) is 12.8 Å². The highest BCUT2D eigenvalue weighted by atomic mass is 16.3. The highest BCUT2D eigenvalue weighted by Crippen LogP contribution is 2.12. The van der Waals surface area contributed by atoms with Gasteiger partial charge in [-0.25, -0.2) is 4.98 Å². The van der Waals surface area contributed by atoms with Crippen molar-refractivity contribution in [3.63, 3.8) is 0 Å². The molecule has 0 bridgehead atoms. The second-order valence-corrected chi connectivity index (χ2v) is 4.14. The smallest absolute Gasteiger partial charge is 0.225 e. The fraction of sp³-hybridized carbons (Fsp3) is 0.231. The summed E-state index contributed by atoms with van der Waals surface area (Å²) < 4.78 is 1.77. The van der Waals surface area contributed by atoms with Crippen molar-refractivity contribution in [1.82, 2.24) is 9.55 Å². The van der Waals surface area contributed by atoms with Crippen LogP contribution in [-0.4, -0.2) is 20.6 Å². The van der Waals surface area contributed by atoms with Gasteiger partial charge in [-0.1, -0.05) is 12.1 Å². The number of aryl methyl sites for hydroxylation is 2. The van der Waals surface area contributed by atoms with Crippen molar-refractivity contribution in [3.8, 4) is 5.75 Å². The van der Waals surface area contributed by atoms with Crippen LogP contribution in [0.5, 0.6) is 5.75 Å². The van der Waals surface area contributed by atoms with Crippen molar-refractivity contribution in [2.75, 3.05) is 5.32 Å². The molecular formula is C13H15N3O2. The van der Waals surface area contributed by atoms with Crippen molar-refractivity contribution in [2.24, 2.45) is 7.05 Å². The van der Waals surface area contributed by atoms with E-state index >= 15 is 0 Å². The van der Waals surface area contributed by atoms with Crippen molar-refractivity contribution in [1.29, 1.82) is 0 Å². The lowest BCUT2D eigenvalue weighted by molar-refractivity contribution is -0.116. The van der Waals surface area contributed by atoms with Gasteiger partial charge in [0.1, 0.15) is 5.75 Å². The predicted octanol–water partition coefficient (Wildman–Crippen LogP) is 1.70. The van der Waals surface area contributed by atoms with Crippen LogP contribution in [0.2, 0.25) is 0 Å². The van der Waals surface area contributed by atoms with Crippen LogP contribution >= 0.6 is 0 Å². The van der Waals surface area contributed by atoms with Gasteiger partial charge in [0.25, 0.3) is 0 Å². The minimum Gasteiger partial charge on any atom is -0.508 e. The molecule has 18 heavy (non-hydrogen) atoms. The number of imidazole rings is 1. The molecule has 0 atom stereocenters. The highest BCUT2D eigenvalue weighted by Gasteiger charge is 2.05. The molecule has 0 aliphatic rings. The fourth-order valence-electron chi connectivity index (χ4n) is 1.65. The molecule has 2 N–H and O–H groups in total. The number of nitrogens with one attached hydrogen (secondary N) is 1. The Morgan fingerprint density at radius 3 is 3.00 bits per heavy atom. The first-order valence-electron chi connectivity index (χ1n) is 5.69. The van der Waals surface area contributed by atoms with Gasteiger partial charge in [0.05, 0.1) is 6.33 Å². The molecule has 0 radical (unpaired) electrons. The summed E-state index contributed by atoms with van der Waals surface area (Å²) in [6.45, 7) is 0. The van der Waals surface area contributed by atoms with E-state index in [1.165, 1.54) is 0 Å². The van der Waals surface area contributed by atoms with Gasteiger partial charge in [-0.3, -0.25) is 4.79 Å². The number of aromatic hydroxyl groups is 1. The van der Waals surface area contributed by atoms with E-state index in [0.717, 1.165) is 5.56 Å². The standard InChI is InChI=1S/C13H15N3O2/c1-16-8-12(14-9-16)15-13(18)6-5-10-3-2-4-11(17)7-10/h2-4,7-9,17H,5-6H2,1H3,(H,15,18). The zero-order valence-corrected chi connectivity index (χ0v) is 10.1. The second kappa shape index (κ2) is 5.35. The molecule has 5 heteroatoms. The third kappa shape index (κ3) is 3.35. The van der Waals surface area contributed by atoms with E-state index in [1.54, 1.807) is 35.3 Å². The van der Waals surface area contributed by atoms with Gasteiger partial charge in [-0.2, -0.15) is 0 Å². The maximum Gasteiger partial charge on any atom is 0.225 e. The molecule has 94 valence electrons. The Balaban J connectivity index is 1.85. The van der Waals surface area contributed by atoms with E-state index in [0.29, 0.717) is 18.7 Å². The van der Waals surface area contributed by atoms with E-state index in [9.17, 15) is 9.90 Å². The van der Waals surface area contributed by atoms with E-state index in [-0.39, 0.29) is 11.7 Å². The first kappa shape index (κ1) is 12.2. The number of aromatic nitrogens is 2.